The fourth-order valence-electron chi connectivity index (χ4n) is 2.88. The fourth-order valence-corrected chi connectivity index (χ4v) is 3.83. The number of hydrogen-bond donors (Lipinski definition) is 1. The number of hydrogen-bond acceptors (Lipinski definition) is 5. The van der Waals surface area contributed by atoms with E-state index in [9.17, 15) is 18.5 Å². The van der Waals surface area contributed by atoms with Gasteiger partial charge in [-0.3, -0.25) is 4.79 Å². The minimum absolute atomic E-state index is 0.0894. The number of amides is 1. The Labute approximate surface area is 181 Å². The SMILES string of the molecule is CNC(=O)C(C#N)=Cc1cn(-c2ccccc2)nc1-c1cccc(S(=O)(=O)N(C)C)c1. The van der Waals surface area contributed by atoms with Gasteiger partial charge in [-0.05, 0) is 30.3 Å². The van der Waals surface area contributed by atoms with Gasteiger partial charge in [-0.15, -0.1) is 0 Å². The predicted molar refractivity (Wildman–Crippen MR) is 118 cm³/mol. The Bertz CT molecular complexity index is 1290. The summed E-state index contributed by atoms with van der Waals surface area (Å²) in [7, 11) is 0.720. The molecule has 0 unspecified atom stereocenters. The second-order valence-electron chi connectivity index (χ2n) is 6.78. The van der Waals surface area contributed by atoms with Crippen LogP contribution in [0.5, 0.6) is 0 Å². The Morgan fingerprint density at radius 2 is 1.87 bits per heavy atom. The van der Waals surface area contributed by atoms with Gasteiger partial charge in [0, 0.05) is 38.5 Å². The van der Waals surface area contributed by atoms with Gasteiger partial charge in [0.1, 0.15) is 17.3 Å². The number of nitrogens with zero attached hydrogens (tertiary/aromatic N) is 4. The van der Waals surface area contributed by atoms with Gasteiger partial charge in [0.25, 0.3) is 5.91 Å². The summed E-state index contributed by atoms with van der Waals surface area (Å²) >= 11 is 0. The summed E-state index contributed by atoms with van der Waals surface area (Å²) in [4.78, 5) is 12.1. The highest BCUT2D eigenvalue weighted by Crippen LogP contribution is 2.28. The predicted octanol–water partition coefficient (Wildman–Crippen LogP) is 2.44. The summed E-state index contributed by atoms with van der Waals surface area (Å²) in [6.45, 7) is 0. The van der Waals surface area contributed by atoms with Crippen LogP contribution in [0.25, 0.3) is 23.0 Å². The molecule has 3 rings (SSSR count). The normalized spacial score (nSPS) is 11.9. The lowest BCUT2D eigenvalue weighted by Crippen LogP contribution is -2.22. The molecule has 31 heavy (non-hydrogen) atoms. The highest BCUT2D eigenvalue weighted by Gasteiger charge is 2.20. The van der Waals surface area contributed by atoms with Gasteiger partial charge in [-0.25, -0.2) is 17.4 Å². The highest BCUT2D eigenvalue weighted by molar-refractivity contribution is 7.89. The number of rotatable bonds is 6. The maximum absolute atomic E-state index is 12.6. The van der Waals surface area contributed by atoms with Gasteiger partial charge in [-0.1, -0.05) is 30.3 Å². The van der Waals surface area contributed by atoms with E-state index < -0.39 is 15.9 Å². The standard InChI is InChI=1S/C22H21N5O3S/c1-24-22(28)17(14-23)12-18-15-27(19-9-5-4-6-10-19)25-21(18)16-8-7-11-20(13-16)31(29,30)26(2)3/h4-13,15H,1-3H3,(H,24,28). The van der Waals surface area contributed by atoms with E-state index >= 15 is 0 Å². The van der Waals surface area contributed by atoms with E-state index in [1.54, 1.807) is 23.0 Å². The summed E-state index contributed by atoms with van der Waals surface area (Å²) in [6.07, 6.45) is 3.13. The van der Waals surface area contributed by atoms with E-state index in [1.165, 1.54) is 39.4 Å². The summed E-state index contributed by atoms with van der Waals surface area (Å²) < 4.78 is 27.9. The monoisotopic (exact) mass is 435 g/mol. The molecule has 3 aromatic rings. The molecule has 9 heteroatoms. The first-order valence-electron chi connectivity index (χ1n) is 9.30. The second kappa shape index (κ2) is 8.95. The molecular formula is C22H21N5O3S. The molecule has 0 aliphatic rings. The molecule has 0 saturated carbocycles. The van der Waals surface area contributed by atoms with Crippen LogP contribution in [0.4, 0.5) is 0 Å². The van der Waals surface area contributed by atoms with Crippen LogP contribution in [0.1, 0.15) is 5.56 Å². The number of benzene rings is 2. The number of carbonyl (C=O) groups is 1. The van der Waals surface area contributed by atoms with Crippen molar-refractivity contribution in [2.45, 2.75) is 4.90 Å². The molecule has 0 spiro atoms. The number of likely N-dealkylation sites (N-methyl/N-ethyl adjacent to an activating group) is 1. The second-order valence-corrected chi connectivity index (χ2v) is 8.93. The van der Waals surface area contributed by atoms with Crippen LogP contribution < -0.4 is 5.32 Å². The quantitative estimate of drug-likeness (QED) is 0.473. The molecule has 0 bridgehead atoms. The number of para-hydroxylation sites is 1. The lowest BCUT2D eigenvalue weighted by Gasteiger charge is -2.12. The molecule has 0 radical (unpaired) electrons. The first kappa shape index (κ1) is 22.0. The van der Waals surface area contributed by atoms with Crippen LogP contribution in [0.15, 0.2) is 71.3 Å². The molecule has 2 aromatic carbocycles. The van der Waals surface area contributed by atoms with Crippen LogP contribution in [0.3, 0.4) is 0 Å². The van der Waals surface area contributed by atoms with Crippen molar-refractivity contribution >= 4 is 22.0 Å². The van der Waals surface area contributed by atoms with E-state index in [1.807, 2.05) is 36.4 Å². The van der Waals surface area contributed by atoms with Gasteiger partial charge < -0.3 is 5.32 Å². The third-order valence-corrected chi connectivity index (χ3v) is 6.35. The molecule has 1 amide bonds. The lowest BCUT2D eigenvalue weighted by molar-refractivity contribution is -0.116. The largest absolute Gasteiger partial charge is 0.354 e. The molecule has 0 atom stereocenters. The molecule has 0 aliphatic heterocycles. The average molecular weight is 436 g/mol. The van der Waals surface area contributed by atoms with E-state index in [0.29, 0.717) is 16.8 Å². The van der Waals surface area contributed by atoms with Crippen LogP contribution in [-0.2, 0) is 14.8 Å². The lowest BCUT2D eigenvalue weighted by atomic mass is 10.1. The minimum atomic E-state index is -3.64. The number of sulfonamides is 1. The number of aromatic nitrogens is 2. The van der Waals surface area contributed by atoms with Gasteiger partial charge in [0.05, 0.1) is 10.6 Å². The Balaban J connectivity index is 2.22. The molecule has 1 aromatic heterocycles. The van der Waals surface area contributed by atoms with Gasteiger partial charge in [0.2, 0.25) is 10.0 Å². The van der Waals surface area contributed by atoms with Crippen LogP contribution in [0.2, 0.25) is 0 Å². The van der Waals surface area contributed by atoms with Crippen molar-refractivity contribution in [1.29, 1.82) is 5.26 Å². The third kappa shape index (κ3) is 4.55. The molecule has 158 valence electrons. The van der Waals surface area contributed by atoms with Crippen molar-refractivity contribution in [3.63, 3.8) is 0 Å². The average Bonchev–Trinajstić information content (AvgIpc) is 3.21. The summed E-state index contributed by atoms with van der Waals surface area (Å²) in [6, 6.07) is 17.6. The number of nitriles is 1. The van der Waals surface area contributed by atoms with Crippen molar-refractivity contribution in [2.24, 2.45) is 0 Å². The molecule has 1 N–H and O–H groups in total. The Hall–Kier alpha value is -3.74. The van der Waals surface area contributed by atoms with Crippen molar-refractivity contribution in [3.8, 4) is 23.0 Å². The van der Waals surface area contributed by atoms with E-state index in [4.69, 9.17) is 0 Å². The molecule has 1 heterocycles. The van der Waals surface area contributed by atoms with Crippen molar-refractivity contribution in [1.82, 2.24) is 19.4 Å². The Kier molecular flexibility index (Phi) is 6.34. The van der Waals surface area contributed by atoms with Crippen LogP contribution >= 0.6 is 0 Å². The maximum Gasteiger partial charge on any atom is 0.261 e. The summed E-state index contributed by atoms with van der Waals surface area (Å²) in [5, 5.41) is 16.4. The van der Waals surface area contributed by atoms with Crippen LogP contribution in [0, 0.1) is 11.3 Å². The zero-order valence-corrected chi connectivity index (χ0v) is 18.1. The van der Waals surface area contributed by atoms with E-state index in [-0.39, 0.29) is 10.5 Å². The maximum atomic E-state index is 12.6. The van der Waals surface area contributed by atoms with E-state index in [0.717, 1.165) is 9.99 Å². The van der Waals surface area contributed by atoms with Crippen molar-refractivity contribution in [3.05, 3.63) is 71.9 Å². The van der Waals surface area contributed by atoms with Crippen molar-refractivity contribution < 1.29 is 13.2 Å². The third-order valence-electron chi connectivity index (χ3n) is 4.54. The first-order chi connectivity index (χ1) is 14.8. The molecule has 0 fully saturated rings. The summed E-state index contributed by atoms with van der Waals surface area (Å²) in [5.41, 5.74) is 2.17. The molecule has 0 saturated heterocycles. The van der Waals surface area contributed by atoms with Crippen molar-refractivity contribution in [2.75, 3.05) is 21.1 Å². The minimum Gasteiger partial charge on any atom is -0.354 e. The molecule has 0 aliphatic carbocycles. The van der Waals surface area contributed by atoms with Gasteiger partial charge in [0.15, 0.2) is 0 Å². The molecule has 8 nitrogen and oxygen atoms in total. The Morgan fingerprint density at radius 1 is 1.16 bits per heavy atom. The number of nitrogens with one attached hydrogen (secondary N) is 1. The van der Waals surface area contributed by atoms with Crippen LogP contribution in [-0.4, -0.2) is 49.6 Å². The smallest absolute Gasteiger partial charge is 0.261 e. The Morgan fingerprint density at radius 3 is 2.48 bits per heavy atom. The van der Waals surface area contributed by atoms with Gasteiger partial charge >= 0.3 is 0 Å². The number of carbonyl (C=O) groups excluding carboxylic acids is 1. The topological polar surface area (TPSA) is 108 Å². The fraction of sp³-hybridized carbons (Fsp3) is 0.136. The van der Waals surface area contributed by atoms with E-state index in [2.05, 4.69) is 10.4 Å². The highest BCUT2D eigenvalue weighted by atomic mass is 32.2. The summed E-state index contributed by atoms with van der Waals surface area (Å²) in [5.74, 6) is -0.523. The zero-order chi connectivity index (χ0) is 22.6. The zero-order valence-electron chi connectivity index (χ0n) is 17.3. The molecular weight excluding hydrogens is 414 g/mol. The van der Waals surface area contributed by atoms with Gasteiger partial charge in [-0.2, -0.15) is 10.4 Å². The first-order valence-corrected chi connectivity index (χ1v) is 10.7.